The third kappa shape index (κ3) is 4.52. The van der Waals surface area contributed by atoms with E-state index in [-0.39, 0.29) is 22.8 Å². The molecule has 1 amide bonds. The van der Waals surface area contributed by atoms with Crippen molar-refractivity contribution >= 4 is 28.8 Å². The number of amides is 1. The van der Waals surface area contributed by atoms with Crippen molar-refractivity contribution in [3.05, 3.63) is 59.5 Å². The number of carbonyl (C=O) groups is 1. The molecule has 3 heterocycles. The zero-order valence-corrected chi connectivity index (χ0v) is 17.2. The Morgan fingerprint density at radius 1 is 1.09 bits per heavy atom. The molecule has 0 atom stereocenters. The molecular formula is C21H21F3N6O2. The molecule has 1 aliphatic rings. The minimum absolute atomic E-state index is 0.125. The van der Waals surface area contributed by atoms with Crippen molar-refractivity contribution in [2.75, 3.05) is 17.7 Å². The summed E-state index contributed by atoms with van der Waals surface area (Å²) < 4.78 is 42.8. The number of aromatic nitrogens is 3. The number of fused-ring (bicyclic) bond motifs is 1. The summed E-state index contributed by atoms with van der Waals surface area (Å²) in [6, 6.07) is 7.46. The van der Waals surface area contributed by atoms with Crippen molar-refractivity contribution in [1.82, 2.24) is 20.2 Å². The lowest BCUT2D eigenvalue weighted by Crippen LogP contribution is -2.22. The molecule has 1 aromatic carbocycles. The number of benzene rings is 1. The van der Waals surface area contributed by atoms with E-state index in [1.807, 2.05) is 4.68 Å². The molecule has 2 aromatic heterocycles. The number of hydroxylamine groups is 1. The van der Waals surface area contributed by atoms with Crippen LogP contribution in [0.25, 0.3) is 0 Å². The maximum Gasteiger partial charge on any atom is 0.419 e. The number of aryl methyl sites for hydroxylation is 1. The van der Waals surface area contributed by atoms with Gasteiger partial charge in [-0.05, 0) is 31.4 Å². The van der Waals surface area contributed by atoms with Crippen molar-refractivity contribution in [2.24, 2.45) is 0 Å². The molecule has 0 spiro atoms. The van der Waals surface area contributed by atoms with Crippen LogP contribution in [0.5, 0.6) is 0 Å². The summed E-state index contributed by atoms with van der Waals surface area (Å²) in [6.07, 6.45) is 0.658. The van der Waals surface area contributed by atoms with E-state index >= 15 is 0 Å². The van der Waals surface area contributed by atoms with E-state index < -0.39 is 17.6 Å². The van der Waals surface area contributed by atoms with E-state index in [4.69, 9.17) is 0 Å². The smallest absolute Gasteiger partial charge is 0.354 e. The molecule has 0 fully saturated rings. The first-order valence-electron chi connectivity index (χ1n) is 9.95. The monoisotopic (exact) mass is 446 g/mol. The quantitative estimate of drug-likeness (QED) is 0.486. The number of rotatable bonds is 6. The highest BCUT2D eigenvalue weighted by Crippen LogP contribution is 2.38. The van der Waals surface area contributed by atoms with Crippen LogP contribution in [0, 0.1) is 0 Å². The number of para-hydroxylation sites is 1. The lowest BCUT2D eigenvalue weighted by atomic mass is 10.1. The van der Waals surface area contributed by atoms with Crippen molar-refractivity contribution in [3.63, 3.8) is 0 Å². The first-order valence-corrected chi connectivity index (χ1v) is 9.95. The highest BCUT2D eigenvalue weighted by atomic mass is 19.4. The van der Waals surface area contributed by atoms with E-state index in [2.05, 4.69) is 31.0 Å². The Labute approximate surface area is 181 Å². The van der Waals surface area contributed by atoms with Crippen LogP contribution in [-0.4, -0.2) is 27.8 Å². The fourth-order valence-corrected chi connectivity index (χ4v) is 3.60. The van der Waals surface area contributed by atoms with Crippen molar-refractivity contribution in [2.45, 2.75) is 32.0 Å². The Morgan fingerprint density at radius 3 is 2.69 bits per heavy atom. The molecule has 1 aliphatic heterocycles. The molecular weight excluding hydrogens is 425 g/mol. The molecule has 0 saturated carbocycles. The van der Waals surface area contributed by atoms with Crippen LogP contribution >= 0.6 is 0 Å². The summed E-state index contributed by atoms with van der Waals surface area (Å²) in [5.41, 5.74) is 2.99. The van der Waals surface area contributed by atoms with Crippen LogP contribution in [0.4, 0.5) is 36.1 Å². The van der Waals surface area contributed by atoms with Crippen LogP contribution in [-0.2, 0) is 24.0 Å². The van der Waals surface area contributed by atoms with Gasteiger partial charge in [0.15, 0.2) is 0 Å². The summed E-state index contributed by atoms with van der Waals surface area (Å²) >= 11 is 0. The number of hydrogen-bond donors (Lipinski definition) is 3. The summed E-state index contributed by atoms with van der Waals surface area (Å²) in [6.45, 7) is 0.810. The average Bonchev–Trinajstić information content (AvgIpc) is 3.16. The molecule has 0 aliphatic carbocycles. The SMILES string of the molecule is CONC(=O)c1ccccc1Nc1cc(Nc2cnn3c2CCCC3)ncc1C(F)(F)F. The number of anilines is 4. The van der Waals surface area contributed by atoms with Gasteiger partial charge in [-0.3, -0.25) is 14.3 Å². The van der Waals surface area contributed by atoms with Crippen LogP contribution in [0.1, 0.15) is 34.5 Å². The molecule has 0 saturated heterocycles. The van der Waals surface area contributed by atoms with Crippen LogP contribution < -0.4 is 16.1 Å². The Kier molecular flexibility index (Phi) is 5.99. The first kappa shape index (κ1) is 21.6. The number of carbonyl (C=O) groups excluding carboxylic acids is 1. The second-order valence-corrected chi connectivity index (χ2v) is 7.23. The van der Waals surface area contributed by atoms with Gasteiger partial charge in [0.2, 0.25) is 0 Å². The lowest BCUT2D eigenvalue weighted by molar-refractivity contribution is -0.137. The zero-order chi connectivity index (χ0) is 22.7. The number of alkyl halides is 3. The van der Waals surface area contributed by atoms with Gasteiger partial charge >= 0.3 is 6.18 Å². The zero-order valence-electron chi connectivity index (χ0n) is 17.2. The molecule has 0 bridgehead atoms. The van der Waals surface area contributed by atoms with Crippen LogP contribution in [0.15, 0.2) is 42.7 Å². The van der Waals surface area contributed by atoms with Gasteiger partial charge in [-0.2, -0.15) is 18.3 Å². The van der Waals surface area contributed by atoms with E-state index in [1.54, 1.807) is 18.3 Å². The number of nitrogens with one attached hydrogen (secondary N) is 3. The van der Waals surface area contributed by atoms with Gasteiger partial charge in [0, 0.05) is 18.8 Å². The number of halogens is 3. The molecule has 11 heteroatoms. The number of hydrogen-bond acceptors (Lipinski definition) is 6. The highest BCUT2D eigenvalue weighted by Gasteiger charge is 2.34. The molecule has 0 unspecified atom stereocenters. The van der Waals surface area contributed by atoms with Gasteiger partial charge in [-0.1, -0.05) is 12.1 Å². The third-order valence-electron chi connectivity index (χ3n) is 5.09. The fraction of sp³-hybridized carbons (Fsp3) is 0.286. The predicted molar refractivity (Wildman–Crippen MR) is 112 cm³/mol. The summed E-state index contributed by atoms with van der Waals surface area (Å²) in [5.74, 6) is -0.372. The lowest BCUT2D eigenvalue weighted by Gasteiger charge is -2.18. The fourth-order valence-electron chi connectivity index (χ4n) is 3.60. The topological polar surface area (TPSA) is 93.1 Å². The second-order valence-electron chi connectivity index (χ2n) is 7.23. The average molecular weight is 446 g/mol. The Bertz CT molecular complexity index is 1130. The molecule has 168 valence electrons. The molecule has 32 heavy (non-hydrogen) atoms. The van der Waals surface area contributed by atoms with Gasteiger partial charge in [0.25, 0.3) is 5.91 Å². The van der Waals surface area contributed by atoms with Gasteiger partial charge in [0.1, 0.15) is 5.82 Å². The summed E-state index contributed by atoms with van der Waals surface area (Å²) in [4.78, 5) is 20.8. The highest BCUT2D eigenvalue weighted by molar-refractivity contribution is 5.99. The van der Waals surface area contributed by atoms with Crippen molar-refractivity contribution in [1.29, 1.82) is 0 Å². The van der Waals surface area contributed by atoms with Gasteiger partial charge < -0.3 is 10.6 Å². The van der Waals surface area contributed by atoms with Crippen molar-refractivity contribution in [3.8, 4) is 0 Å². The first-order chi connectivity index (χ1) is 15.4. The van der Waals surface area contributed by atoms with E-state index in [1.165, 1.54) is 25.3 Å². The molecule has 3 N–H and O–H groups in total. The van der Waals surface area contributed by atoms with Crippen molar-refractivity contribution < 1.29 is 22.8 Å². The van der Waals surface area contributed by atoms with E-state index in [0.717, 1.165) is 37.7 Å². The second kappa shape index (κ2) is 8.87. The summed E-state index contributed by atoms with van der Waals surface area (Å²) in [7, 11) is 1.27. The molecule has 3 aromatic rings. The normalized spacial score (nSPS) is 13.4. The Morgan fingerprint density at radius 2 is 1.91 bits per heavy atom. The Balaban J connectivity index is 1.68. The Hall–Kier alpha value is -3.60. The van der Waals surface area contributed by atoms with Crippen LogP contribution in [0.3, 0.4) is 0 Å². The largest absolute Gasteiger partial charge is 0.419 e. The molecule has 4 rings (SSSR count). The van der Waals surface area contributed by atoms with Crippen LogP contribution in [0.2, 0.25) is 0 Å². The standard InChI is InChI=1S/C21H21F3N6O2/c1-32-29-20(31)13-6-2-3-7-15(13)27-16-10-19(25-11-14(16)21(22,23)24)28-17-12-26-30-9-5-4-8-18(17)30/h2-3,6-7,10-12H,4-5,8-9H2,1H3,(H,29,31)(H2,25,27,28). The third-order valence-corrected chi connectivity index (χ3v) is 5.09. The number of nitrogens with zero attached hydrogens (tertiary/aromatic N) is 3. The molecule has 8 nitrogen and oxygen atoms in total. The van der Waals surface area contributed by atoms with E-state index in [9.17, 15) is 18.0 Å². The molecule has 0 radical (unpaired) electrons. The van der Waals surface area contributed by atoms with Gasteiger partial charge in [0.05, 0.1) is 47.2 Å². The maximum atomic E-state index is 13.7. The maximum absolute atomic E-state index is 13.7. The van der Waals surface area contributed by atoms with Gasteiger partial charge in [-0.25, -0.2) is 10.5 Å². The summed E-state index contributed by atoms with van der Waals surface area (Å²) in [5, 5.41) is 10.1. The van der Waals surface area contributed by atoms with E-state index in [0.29, 0.717) is 5.69 Å². The minimum Gasteiger partial charge on any atom is -0.354 e. The number of pyridine rings is 1. The van der Waals surface area contributed by atoms with Gasteiger partial charge in [-0.15, -0.1) is 0 Å². The minimum atomic E-state index is -4.64. The predicted octanol–water partition coefficient (Wildman–Crippen LogP) is 4.41.